The summed E-state index contributed by atoms with van der Waals surface area (Å²) in [5, 5.41) is 10.8. The smallest absolute Gasteiger partial charge is 0.387 e. The van der Waals surface area contributed by atoms with E-state index >= 15 is 0 Å². The van der Waals surface area contributed by atoms with E-state index < -0.39 is 6.61 Å². The number of hydrogen-bond acceptors (Lipinski definition) is 3. The number of guanidine groups is 1. The summed E-state index contributed by atoms with van der Waals surface area (Å²) in [7, 11) is 0. The van der Waals surface area contributed by atoms with Gasteiger partial charge >= 0.3 is 6.61 Å². The number of aromatic nitrogens is 2. The number of halogens is 3. The lowest BCUT2D eigenvalue weighted by molar-refractivity contribution is -0.0504. The molecule has 0 saturated heterocycles. The molecule has 2 aromatic carbocycles. The summed E-state index contributed by atoms with van der Waals surface area (Å²) in [4.78, 5) is 4.52. The highest BCUT2D eigenvalue weighted by Gasteiger charge is 2.09. The Bertz CT molecular complexity index is 951. The molecule has 0 fully saturated rings. The largest absolute Gasteiger partial charge is 0.434 e. The minimum absolute atomic E-state index is 0. The Morgan fingerprint density at radius 3 is 2.42 bits per heavy atom. The minimum atomic E-state index is -2.87. The summed E-state index contributed by atoms with van der Waals surface area (Å²) < 4.78 is 31.7. The molecule has 1 aromatic heterocycles. The fraction of sp³-hybridized carbons (Fsp3) is 0.273. The maximum Gasteiger partial charge on any atom is 0.387 e. The van der Waals surface area contributed by atoms with E-state index in [-0.39, 0.29) is 36.3 Å². The van der Waals surface area contributed by atoms with E-state index in [1.54, 1.807) is 24.4 Å². The SMILES string of the molecule is CCNC(=NCc1ccccc1OC(F)F)NCc1ccccc1Cn1cccn1.I. The quantitative estimate of drug-likeness (QED) is 0.240. The molecule has 0 aliphatic heterocycles. The van der Waals surface area contributed by atoms with Crippen LogP contribution in [0.3, 0.4) is 0 Å². The third kappa shape index (κ3) is 7.82. The molecule has 6 nitrogen and oxygen atoms in total. The van der Waals surface area contributed by atoms with Crippen LogP contribution in [-0.2, 0) is 19.6 Å². The molecule has 0 bridgehead atoms. The van der Waals surface area contributed by atoms with E-state index in [4.69, 9.17) is 0 Å². The van der Waals surface area contributed by atoms with Crippen molar-refractivity contribution in [2.45, 2.75) is 33.2 Å². The van der Waals surface area contributed by atoms with Crippen molar-refractivity contribution in [2.75, 3.05) is 6.54 Å². The van der Waals surface area contributed by atoms with Crippen LogP contribution in [0.2, 0.25) is 0 Å². The summed E-state index contributed by atoms with van der Waals surface area (Å²) in [6.45, 7) is 1.24. The lowest BCUT2D eigenvalue weighted by Crippen LogP contribution is -2.37. The average Bonchev–Trinajstić information content (AvgIpc) is 3.25. The number of rotatable bonds is 9. The number of nitrogens with zero attached hydrogens (tertiary/aromatic N) is 3. The molecule has 3 aromatic rings. The van der Waals surface area contributed by atoms with Gasteiger partial charge in [0.1, 0.15) is 5.75 Å². The lowest BCUT2D eigenvalue weighted by atomic mass is 10.1. The van der Waals surface area contributed by atoms with E-state index in [1.807, 2.05) is 36.0 Å². The van der Waals surface area contributed by atoms with Crippen LogP contribution in [0, 0.1) is 0 Å². The zero-order valence-corrected chi connectivity index (χ0v) is 19.5. The number of benzene rings is 2. The van der Waals surface area contributed by atoms with Gasteiger partial charge in [-0.2, -0.15) is 13.9 Å². The van der Waals surface area contributed by atoms with Gasteiger partial charge < -0.3 is 15.4 Å². The molecule has 0 unspecified atom stereocenters. The highest BCUT2D eigenvalue weighted by molar-refractivity contribution is 14.0. The third-order valence-electron chi connectivity index (χ3n) is 4.40. The molecule has 31 heavy (non-hydrogen) atoms. The van der Waals surface area contributed by atoms with Gasteiger partial charge in [0.15, 0.2) is 5.96 Å². The fourth-order valence-electron chi connectivity index (χ4n) is 2.98. The first kappa shape index (κ1) is 24.6. The molecule has 0 amide bonds. The third-order valence-corrected chi connectivity index (χ3v) is 4.40. The highest BCUT2D eigenvalue weighted by atomic mass is 127. The molecule has 0 aliphatic rings. The van der Waals surface area contributed by atoms with Gasteiger partial charge in [0.2, 0.25) is 0 Å². The van der Waals surface area contributed by atoms with Crippen LogP contribution in [0.1, 0.15) is 23.6 Å². The second-order valence-electron chi connectivity index (χ2n) is 6.51. The van der Waals surface area contributed by atoms with E-state index in [0.29, 0.717) is 31.2 Å². The van der Waals surface area contributed by atoms with Gasteiger partial charge in [-0.05, 0) is 30.2 Å². The van der Waals surface area contributed by atoms with Crippen LogP contribution in [0.25, 0.3) is 0 Å². The van der Waals surface area contributed by atoms with Crippen molar-refractivity contribution in [1.82, 2.24) is 20.4 Å². The Balaban J connectivity index is 0.00000341. The molecule has 166 valence electrons. The van der Waals surface area contributed by atoms with E-state index in [2.05, 4.69) is 37.6 Å². The molecule has 3 rings (SSSR count). The Morgan fingerprint density at radius 2 is 1.74 bits per heavy atom. The number of alkyl halides is 2. The number of hydrogen-bond donors (Lipinski definition) is 2. The van der Waals surface area contributed by atoms with E-state index in [0.717, 1.165) is 11.1 Å². The highest BCUT2D eigenvalue weighted by Crippen LogP contribution is 2.21. The van der Waals surface area contributed by atoms with Crippen LogP contribution in [0.4, 0.5) is 8.78 Å². The lowest BCUT2D eigenvalue weighted by Gasteiger charge is -2.15. The number of nitrogens with one attached hydrogen (secondary N) is 2. The number of ether oxygens (including phenoxy) is 1. The van der Waals surface area contributed by atoms with Crippen LogP contribution >= 0.6 is 24.0 Å². The summed E-state index contributed by atoms with van der Waals surface area (Å²) in [6.07, 6.45) is 3.68. The molecule has 1 heterocycles. The molecular weight excluding hydrogens is 515 g/mol. The molecule has 0 saturated carbocycles. The summed E-state index contributed by atoms with van der Waals surface area (Å²) in [5.41, 5.74) is 2.87. The van der Waals surface area contributed by atoms with Crippen molar-refractivity contribution < 1.29 is 13.5 Å². The first-order valence-electron chi connectivity index (χ1n) is 9.74. The number of para-hydroxylation sites is 1. The van der Waals surface area contributed by atoms with Gasteiger partial charge in [-0.25, -0.2) is 4.99 Å². The fourth-order valence-corrected chi connectivity index (χ4v) is 2.98. The second kappa shape index (κ2) is 12.9. The van der Waals surface area contributed by atoms with Gasteiger partial charge in [0.05, 0.1) is 13.1 Å². The molecule has 0 radical (unpaired) electrons. The van der Waals surface area contributed by atoms with Crippen molar-refractivity contribution in [1.29, 1.82) is 0 Å². The molecular formula is C22H26F2IN5O. The molecule has 0 aliphatic carbocycles. The number of aliphatic imine (C=N–C) groups is 1. The summed E-state index contributed by atoms with van der Waals surface area (Å²) in [6, 6.07) is 16.7. The van der Waals surface area contributed by atoms with Crippen molar-refractivity contribution in [3.8, 4) is 5.75 Å². The van der Waals surface area contributed by atoms with Crippen molar-refractivity contribution >= 4 is 29.9 Å². The second-order valence-corrected chi connectivity index (χ2v) is 6.51. The standard InChI is InChI=1S/C22H25F2N5O.HI/c1-2-25-22(27-15-18-9-5-6-11-20(18)30-21(23)24)26-14-17-8-3-4-10-19(17)16-29-13-7-12-28-29;/h3-13,21H,2,14-16H2,1H3,(H2,25,26,27);1H. The normalized spacial score (nSPS) is 11.2. The first-order valence-corrected chi connectivity index (χ1v) is 9.74. The van der Waals surface area contributed by atoms with Gasteiger partial charge in [-0.15, -0.1) is 24.0 Å². The van der Waals surface area contributed by atoms with Crippen molar-refractivity contribution in [2.24, 2.45) is 4.99 Å². The Labute approximate surface area is 197 Å². The Kier molecular flexibility index (Phi) is 10.2. The van der Waals surface area contributed by atoms with Crippen molar-refractivity contribution in [3.63, 3.8) is 0 Å². The van der Waals surface area contributed by atoms with Crippen molar-refractivity contribution in [3.05, 3.63) is 83.7 Å². The van der Waals surface area contributed by atoms with Gasteiger partial charge in [0.25, 0.3) is 0 Å². The first-order chi connectivity index (χ1) is 14.7. The van der Waals surface area contributed by atoms with Gasteiger partial charge in [-0.1, -0.05) is 42.5 Å². The molecule has 0 atom stereocenters. The van der Waals surface area contributed by atoms with Crippen LogP contribution in [0.5, 0.6) is 5.75 Å². The average molecular weight is 541 g/mol. The van der Waals surface area contributed by atoms with Crippen LogP contribution < -0.4 is 15.4 Å². The predicted molar refractivity (Wildman–Crippen MR) is 128 cm³/mol. The zero-order chi connectivity index (χ0) is 21.2. The van der Waals surface area contributed by atoms with E-state index in [1.165, 1.54) is 6.07 Å². The summed E-state index contributed by atoms with van der Waals surface area (Å²) >= 11 is 0. The predicted octanol–water partition coefficient (Wildman–Crippen LogP) is 4.41. The molecule has 9 heteroatoms. The Hall–Kier alpha value is -2.69. The Morgan fingerprint density at radius 1 is 1.03 bits per heavy atom. The van der Waals surface area contributed by atoms with Gasteiger partial charge in [-0.3, -0.25) is 4.68 Å². The molecule has 0 spiro atoms. The minimum Gasteiger partial charge on any atom is -0.434 e. The topological polar surface area (TPSA) is 63.5 Å². The van der Waals surface area contributed by atoms with Crippen LogP contribution in [-0.4, -0.2) is 28.9 Å². The van der Waals surface area contributed by atoms with Crippen LogP contribution in [0.15, 0.2) is 72.0 Å². The zero-order valence-electron chi connectivity index (χ0n) is 17.2. The molecule has 2 N–H and O–H groups in total. The monoisotopic (exact) mass is 541 g/mol. The maximum absolute atomic E-state index is 12.6. The maximum atomic E-state index is 12.6. The van der Waals surface area contributed by atoms with E-state index in [9.17, 15) is 8.78 Å². The summed E-state index contributed by atoms with van der Waals surface area (Å²) in [5.74, 6) is 0.731. The van der Waals surface area contributed by atoms with Gasteiger partial charge in [0, 0.05) is 31.0 Å².